The third kappa shape index (κ3) is 10.5. The van der Waals surface area contributed by atoms with Crippen LogP contribution < -0.4 is 0 Å². The molecule has 0 amide bonds. The Bertz CT molecular complexity index is 429. The van der Waals surface area contributed by atoms with Crippen LogP contribution in [0.4, 0.5) is 0 Å². The predicted octanol–water partition coefficient (Wildman–Crippen LogP) is 2.03. The number of nitrogens with zero attached hydrogens (tertiary/aromatic N) is 1. The van der Waals surface area contributed by atoms with Crippen molar-refractivity contribution in [3.05, 3.63) is 47.5 Å². The van der Waals surface area contributed by atoms with Gasteiger partial charge in [-0.05, 0) is 38.2 Å². The molecule has 1 aromatic rings. The van der Waals surface area contributed by atoms with E-state index >= 15 is 0 Å². The number of hydrogen-bond donors (Lipinski definition) is 0. The van der Waals surface area contributed by atoms with Crippen molar-refractivity contribution in [3.63, 3.8) is 0 Å². The number of rotatable bonds is 7. The molecule has 1 unspecified atom stereocenters. The average Bonchev–Trinajstić information content (AvgIpc) is 2.47. The Kier molecular flexibility index (Phi) is 10.7. The molecule has 0 radical (unpaired) electrons. The number of allylic oxidation sites excluding steroid dienone is 1. The number of aldehydes is 1. The van der Waals surface area contributed by atoms with Crippen LogP contribution in [0, 0.1) is 0 Å². The third-order valence-electron chi connectivity index (χ3n) is 2.35. The highest BCUT2D eigenvalue weighted by Crippen LogP contribution is 1.99. The van der Waals surface area contributed by atoms with Gasteiger partial charge in [-0.25, -0.2) is 0 Å². The second-order valence-electron chi connectivity index (χ2n) is 4.59. The number of benzene rings is 1. The Morgan fingerprint density at radius 1 is 1.24 bits per heavy atom. The quantitative estimate of drug-likeness (QED) is 0.437. The van der Waals surface area contributed by atoms with Crippen molar-refractivity contribution in [2.24, 2.45) is 0 Å². The van der Waals surface area contributed by atoms with Gasteiger partial charge in [0.05, 0.1) is 0 Å². The smallest absolute Gasteiger partial charge is 0.295 e. The summed E-state index contributed by atoms with van der Waals surface area (Å²) in [5.74, 6) is 0. The van der Waals surface area contributed by atoms with E-state index in [0.29, 0.717) is 11.9 Å². The van der Waals surface area contributed by atoms with Crippen molar-refractivity contribution < 1.29 is 19.1 Å². The van der Waals surface area contributed by atoms with Gasteiger partial charge in [0, 0.05) is 13.7 Å². The summed E-state index contributed by atoms with van der Waals surface area (Å²) in [7, 11) is 5.53. The van der Waals surface area contributed by atoms with E-state index in [1.807, 2.05) is 6.07 Å². The minimum Gasteiger partial charge on any atom is -0.434 e. The maximum atomic E-state index is 10.1. The zero-order chi connectivity index (χ0) is 16.1. The van der Waals surface area contributed by atoms with E-state index in [2.05, 4.69) is 52.7 Å². The Hall–Kier alpha value is -1.98. The van der Waals surface area contributed by atoms with E-state index in [1.165, 1.54) is 18.7 Å². The normalized spacial score (nSPS) is 12.1. The third-order valence-corrected chi connectivity index (χ3v) is 2.35. The Morgan fingerprint density at radius 3 is 2.29 bits per heavy atom. The molecule has 5 heteroatoms. The highest BCUT2D eigenvalue weighted by molar-refractivity contribution is 5.72. The van der Waals surface area contributed by atoms with Gasteiger partial charge in [0.2, 0.25) is 6.29 Å². The molecule has 21 heavy (non-hydrogen) atoms. The van der Waals surface area contributed by atoms with Crippen molar-refractivity contribution in [2.45, 2.75) is 19.8 Å². The fourth-order valence-corrected chi connectivity index (χ4v) is 1.42. The van der Waals surface area contributed by atoms with E-state index in [0.717, 1.165) is 6.54 Å². The van der Waals surface area contributed by atoms with Gasteiger partial charge in [-0.3, -0.25) is 9.59 Å². The molecule has 1 rings (SSSR count). The molecule has 0 N–H and O–H groups in total. The van der Waals surface area contributed by atoms with Crippen LogP contribution in [-0.2, 0) is 25.6 Å². The maximum Gasteiger partial charge on any atom is 0.295 e. The largest absolute Gasteiger partial charge is 0.434 e. The molecule has 1 aromatic carbocycles. The predicted molar refractivity (Wildman–Crippen MR) is 81.6 cm³/mol. The molecule has 5 nitrogen and oxygen atoms in total. The van der Waals surface area contributed by atoms with Crippen LogP contribution in [-0.4, -0.2) is 45.2 Å². The van der Waals surface area contributed by atoms with E-state index < -0.39 is 6.29 Å². The molecule has 0 spiro atoms. The minimum atomic E-state index is -0.766. The summed E-state index contributed by atoms with van der Waals surface area (Å²) in [4.78, 5) is 22.1. The first-order valence-corrected chi connectivity index (χ1v) is 6.47. The number of ether oxygens (including phenoxy) is 2. The second kappa shape index (κ2) is 11.8. The summed E-state index contributed by atoms with van der Waals surface area (Å²) >= 11 is 0. The summed E-state index contributed by atoms with van der Waals surface area (Å²) in [6, 6.07) is 10.5. The monoisotopic (exact) mass is 293 g/mol. The molecule has 1 atom stereocenters. The Balaban J connectivity index is 0.000000382. The van der Waals surface area contributed by atoms with Gasteiger partial charge in [0.15, 0.2) is 0 Å². The number of carbonyl (C=O) groups excluding carboxylic acids is 2. The minimum absolute atomic E-state index is 0.267. The van der Waals surface area contributed by atoms with E-state index in [1.54, 1.807) is 6.92 Å². The lowest BCUT2D eigenvalue weighted by atomic mass is 10.2. The zero-order valence-electron chi connectivity index (χ0n) is 13.0. The van der Waals surface area contributed by atoms with E-state index in [4.69, 9.17) is 0 Å². The van der Waals surface area contributed by atoms with Crippen LogP contribution in [0.3, 0.4) is 0 Å². The lowest BCUT2D eigenvalue weighted by Gasteiger charge is -2.08. The summed E-state index contributed by atoms with van der Waals surface area (Å²) in [5, 5.41) is 0. The van der Waals surface area contributed by atoms with Gasteiger partial charge in [-0.2, -0.15) is 0 Å². The maximum absolute atomic E-state index is 10.1. The molecular formula is C16H23NO4. The molecule has 0 saturated heterocycles. The number of methoxy groups -OCH3 is 1. The Labute approximate surface area is 126 Å². The van der Waals surface area contributed by atoms with Crippen LogP contribution in [0.2, 0.25) is 0 Å². The Morgan fingerprint density at radius 2 is 1.86 bits per heavy atom. The SMILES string of the molecule is CN(C)Cc1ccccc1.COC(/C=C(/C)C=O)OC=O. The van der Waals surface area contributed by atoms with Gasteiger partial charge in [-0.15, -0.1) is 0 Å². The number of carbonyl (C=O) groups is 2. The fourth-order valence-electron chi connectivity index (χ4n) is 1.42. The van der Waals surface area contributed by atoms with Gasteiger partial charge < -0.3 is 14.4 Å². The van der Waals surface area contributed by atoms with Gasteiger partial charge >= 0.3 is 0 Å². The van der Waals surface area contributed by atoms with Crippen LogP contribution in [0.15, 0.2) is 42.0 Å². The van der Waals surface area contributed by atoms with Crippen molar-refractivity contribution in [3.8, 4) is 0 Å². The summed E-state index contributed by atoms with van der Waals surface area (Å²) in [6.45, 7) is 2.89. The van der Waals surface area contributed by atoms with Crippen molar-refractivity contribution >= 4 is 12.8 Å². The van der Waals surface area contributed by atoms with Crippen LogP contribution >= 0.6 is 0 Å². The average molecular weight is 293 g/mol. The van der Waals surface area contributed by atoms with E-state index in [-0.39, 0.29) is 6.47 Å². The molecule has 0 aliphatic carbocycles. The molecule has 0 aromatic heterocycles. The fraction of sp³-hybridized carbons (Fsp3) is 0.375. The van der Waals surface area contributed by atoms with Crippen molar-refractivity contribution in [1.29, 1.82) is 0 Å². The van der Waals surface area contributed by atoms with E-state index in [9.17, 15) is 9.59 Å². The lowest BCUT2D eigenvalue weighted by molar-refractivity contribution is -0.149. The van der Waals surface area contributed by atoms with Crippen molar-refractivity contribution in [1.82, 2.24) is 4.90 Å². The molecule has 0 aliphatic rings. The van der Waals surface area contributed by atoms with Crippen LogP contribution in [0.25, 0.3) is 0 Å². The molecule has 116 valence electrons. The molecular weight excluding hydrogens is 270 g/mol. The lowest BCUT2D eigenvalue weighted by Crippen LogP contribution is -2.11. The van der Waals surface area contributed by atoms with Crippen molar-refractivity contribution in [2.75, 3.05) is 21.2 Å². The standard InChI is InChI=1S/C9H13N.C7H10O4/c1-10(2)8-9-6-4-3-5-7-9;1-6(4-8)3-7(10-2)11-5-9/h3-7H,8H2,1-2H3;3-5,7H,1-2H3/b;6-3-. The molecule has 0 bridgehead atoms. The first kappa shape index (κ1) is 19.0. The first-order valence-electron chi connectivity index (χ1n) is 6.47. The topological polar surface area (TPSA) is 55.8 Å². The first-order chi connectivity index (χ1) is 10.0. The summed E-state index contributed by atoms with van der Waals surface area (Å²) in [6.07, 6.45) is 1.29. The molecule has 0 heterocycles. The number of hydrogen-bond acceptors (Lipinski definition) is 5. The van der Waals surface area contributed by atoms with Gasteiger partial charge in [0.25, 0.3) is 6.47 Å². The van der Waals surface area contributed by atoms with Gasteiger partial charge in [0.1, 0.15) is 6.29 Å². The highest BCUT2D eigenvalue weighted by Gasteiger charge is 2.01. The summed E-state index contributed by atoms with van der Waals surface area (Å²) in [5.41, 5.74) is 1.83. The van der Waals surface area contributed by atoms with Gasteiger partial charge in [-0.1, -0.05) is 30.3 Å². The summed E-state index contributed by atoms with van der Waals surface area (Å²) < 4.78 is 9.10. The highest BCUT2D eigenvalue weighted by atomic mass is 16.7. The molecule has 0 fully saturated rings. The van der Waals surface area contributed by atoms with Crippen LogP contribution in [0.5, 0.6) is 0 Å². The molecule has 0 saturated carbocycles. The van der Waals surface area contributed by atoms with Crippen LogP contribution in [0.1, 0.15) is 12.5 Å². The molecule has 0 aliphatic heterocycles. The second-order valence-corrected chi connectivity index (χ2v) is 4.59. The zero-order valence-corrected chi connectivity index (χ0v) is 13.0.